The highest BCUT2D eigenvalue weighted by atomic mass is 32.1. The molecule has 0 saturated heterocycles. The zero-order valence-electron chi connectivity index (χ0n) is 17.9. The van der Waals surface area contributed by atoms with Gasteiger partial charge in [0.1, 0.15) is 17.6 Å². The van der Waals surface area contributed by atoms with E-state index in [0.717, 1.165) is 10.8 Å². The second-order valence-corrected chi connectivity index (χ2v) is 8.53. The Labute approximate surface area is 192 Å². The highest BCUT2D eigenvalue weighted by molar-refractivity contribution is 7.07. The Morgan fingerprint density at radius 1 is 1.24 bits per heavy atom. The number of esters is 1. The molecule has 3 heterocycles. The molecule has 0 fully saturated rings. The van der Waals surface area contributed by atoms with Gasteiger partial charge in [0.15, 0.2) is 4.80 Å². The summed E-state index contributed by atoms with van der Waals surface area (Å²) in [5.74, 6) is 0.0252. The number of phenols is 1. The lowest BCUT2D eigenvalue weighted by molar-refractivity contribution is -0.138. The van der Waals surface area contributed by atoms with E-state index in [0.29, 0.717) is 26.4 Å². The van der Waals surface area contributed by atoms with E-state index < -0.39 is 12.0 Å². The van der Waals surface area contributed by atoms with Crippen LogP contribution in [-0.4, -0.2) is 22.2 Å². The number of furan rings is 1. The van der Waals surface area contributed by atoms with Crippen LogP contribution in [0.3, 0.4) is 0 Å². The highest BCUT2D eigenvalue weighted by Gasteiger charge is 2.32. The average Bonchev–Trinajstić information content (AvgIpc) is 3.44. The van der Waals surface area contributed by atoms with Gasteiger partial charge in [-0.3, -0.25) is 9.36 Å². The van der Waals surface area contributed by atoms with Gasteiger partial charge in [0, 0.05) is 11.3 Å². The Balaban J connectivity index is 1.77. The van der Waals surface area contributed by atoms with Crippen LogP contribution in [0.4, 0.5) is 0 Å². The summed E-state index contributed by atoms with van der Waals surface area (Å²) < 4.78 is 12.6. The standard InChI is InChI=1S/C25H20N2O5S/c1-3-31-24(30)21-14(2)27-23(29)20(33-25(27)26-22(21)19-9-6-12-32-19)13-17-16-8-5-4-7-15(16)10-11-18(17)28/h4-13,22,28H,3H2,1-2H3/b20-13-/t22-/m0/s1. The number of aromatic hydroxyl groups is 1. The van der Waals surface area contributed by atoms with Crippen LogP contribution in [0.5, 0.6) is 5.75 Å². The number of ether oxygens (including phenoxy) is 1. The van der Waals surface area contributed by atoms with E-state index in [2.05, 4.69) is 4.99 Å². The van der Waals surface area contributed by atoms with E-state index in [1.807, 2.05) is 30.3 Å². The van der Waals surface area contributed by atoms with E-state index in [9.17, 15) is 14.7 Å². The minimum Gasteiger partial charge on any atom is -0.507 e. The van der Waals surface area contributed by atoms with Gasteiger partial charge in [-0.05, 0) is 48.9 Å². The average molecular weight is 461 g/mol. The SMILES string of the molecule is CCOC(=O)C1=C(C)n2c(s/c(=C\c3c(O)ccc4ccccc34)c2=O)=N[C@H]1c1ccco1. The number of hydrogen-bond acceptors (Lipinski definition) is 7. The van der Waals surface area contributed by atoms with Gasteiger partial charge in [0.2, 0.25) is 0 Å². The molecule has 5 rings (SSSR count). The zero-order valence-corrected chi connectivity index (χ0v) is 18.8. The van der Waals surface area contributed by atoms with Crippen LogP contribution in [0.1, 0.15) is 31.2 Å². The predicted octanol–water partition coefficient (Wildman–Crippen LogP) is 3.36. The van der Waals surface area contributed by atoms with E-state index >= 15 is 0 Å². The fourth-order valence-corrected chi connectivity index (χ4v) is 5.06. The first kappa shape index (κ1) is 21.0. The molecule has 0 amide bonds. The number of thiazole rings is 1. The van der Waals surface area contributed by atoms with E-state index in [4.69, 9.17) is 9.15 Å². The molecule has 1 aliphatic rings. The Kier molecular flexibility index (Phi) is 5.22. The van der Waals surface area contributed by atoms with Crippen LogP contribution in [-0.2, 0) is 9.53 Å². The number of allylic oxidation sites excluding steroid dienone is 1. The second-order valence-electron chi connectivity index (χ2n) is 7.52. The van der Waals surface area contributed by atoms with Gasteiger partial charge in [-0.15, -0.1) is 0 Å². The summed E-state index contributed by atoms with van der Waals surface area (Å²) in [4.78, 5) is 31.3. The lowest BCUT2D eigenvalue weighted by Crippen LogP contribution is -2.35. The number of fused-ring (bicyclic) bond motifs is 2. The first-order valence-corrected chi connectivity index (χ1v) is 11.2. The number of carbonyl (C=O) groups excluding carboxylic acids is 1. The van der Waals surface area contributed by atoms with Crippen molar-refractivity contribution in [1.29, 1.82) is 0 Å². The molecule has 2 aromatic heterocycles. The lowest BCUT2D eigenvalue weighted by atomic mass is 10.0. The number of rotatable bonds is 4. The Hall–Kier alpha value is -3.91. The summed E-state index contributed by atoms with van der Waals surface area (Å²) in [6.45, 7) is 3.63. The molecular formula is C25H20N2O5S. The largest absolute Gasteiger partial charge is 0.507 e. The molecule has 0 aliphatic carbocycles. The fraction of sp³-hybridized carbons (Fsp3) is 0.160. The van der Waals surface area contributed by atoms with Crippen molar-refractivity contribution in [2.75, 3.05) is 6.61 Å². The Morgan fingerprint density at radius 2 is 2.06 bits per heavy atom. The molecule has 0 bridgehead atoms. The monoisotopic (exact) mass is 460 g/mol. The van der Waals surface area contributed by atoms with Crippen LogP contribution in [0.15, 0.2) is 74.6 Å². The smallest absolute Gasteiger partial charge is 0.338 e. The van der Waals surface area contributed by atoms with Crippen molar-refractivity contribution in [3.63, 3.8) is 0 Å². The summed E-state index contributed by atoms with van der Waals surface area (Å²) >= 11 is 1.20. The summed E-state index contributed by atoms with van der Waals surface area (Å²) in [5, 5.41) is 12.3. The molecule has 0 saturated carbocycles. The number of benzene rings is 2. The molecule has 2 aromatic carbocycles. The fourth-order valence-electron chi connectivity index (χ4n) is 4.04. The van der Waals surface area contributed by atoms with Gasteiger partial charge < -0.3 is 14.3 Å². The molecule has 33 heavy (non-hydrogen) atoms. The molecule has 4 aromatic rings. The Bertz CT molecular complexity index is 1590. The van der Waals surface area contributed by atoms with Crippen LogP contribution < -0.4 is 14.9 Å². The minimum atomic E-state index is -0.712. The van der Waals surface area contributed by atoms with Gasteiger partial charge in [-0.1, -0.05) is 41.7 Å². The number of carbonyl (C=O) groups is 1. The first-order chi connectivity index (χ1) is 16.0. The maximum Gasteiger partial charge on any atom is 0.338 e. The zero-order chi connectivity index (χ0) is 23.1. The van der Waals surface area contributed by atoms with Gasteiger partial charge in [0.25, 0.3) is 5.56 Å². The van der Waals surface area contributed by atoms with Crippen molar-refractivity contribution in [1.82, 2.24) is 4.57 Å². The van der Waals surface area contributed by atoms with Crippen LogP contribution in [0.25, 0.3) is 22.5 Å². The van der Waals surface area contributed by atoms with Crippen molar-refractivity contribution < 1.29 is 19.1 Å². The van der Waals surface area contributed by atoms with Gasteiger partial charge in [0.05, 0.1) is 23.0 Å². The normalized spacial score (nSPS) is 16.1. The van der Waals surface area contributed by atoms with Crippen LogP contribution >= 0.6 is 11.3 Å². The quantitative estimate of drug-likeness (QED) is 0.472. The van der Waals surface area contributed by atoms with E-state index in [-0.39, 0.29) is 23.5 Å². The maximum atomic E-state index is 13.4. The van der Waals surface area contributed by atoms with Crippen LogP contribution in [0.2, 0.25) is 0 Å². The number of nitrogens with zero attached hydrogens (tertiary/aromatic N) is 2. The molecule has 0 radical (unpaired) electrons. The number of aromatic nitrogens is 1. The molecule has 1 aliphatic heterocycles. The van der Waals surface area contributed by atoms with Crippen molar-refractivity contribution in [2.24, 2.45) is 4.99 Å². The molecule has 1 atom stereocenters. The number of hydrogen-bond donors (Lipinski definition) is 1. The van der Waals surface area contributed by atoms with E-state index in [1.54, 1.807) is 38.1 Å². The van der Waals surface area contributed by atoms with Crippen molar-refractivity contribution >= 4 is 39.9 Å². The summed E-state index contributed by atoms with van der Waals surface area (Å²) in [5.41, 5.74) is 0.948. The maximum absolute atomic E-state index is 13.4. The first-order valence-electron chi connectivity index (χ1n) is 10.4. The van der Waals surface area contributed by atoms with E-state index in [1.165, 1.54) is 22.2 Å². The summed E-state index contributed by atoms with van der Waals surface area (Å²) in [7, 11) is 0. The van der Waals surface area contributed by atoms with Gasteiger partial charge in [-0.25, -0.2) is 9.79 Å². The third-order valence-corrected chi connectivity index (χ3v) is 6.56. The van der Waals surface area contributed by atoms with Crippen molar-refractivity contribution in [3.05, 3.63) is 91.4 Å². The minimum absolute atomic E-state index is 0.0781. The van der Waals surface area contributed by atoms with Gasteiger partial charge in [-0.2, -0.15) is 0 Å². The highest BCUT2D eigenvalue weighted by Crippen LogP contribution is 2.32. The third kappa shape index (κ3) is 3.48. The van der Waals surface area contributed by atoms with Crippen molar-refractivity contribution in [3.8, 4) is 5.75 Å². The number of phenolic OH excluding ortho intramolecular Hbond substituents is 1. The molecule has 7 nitrogen and oxygen atoms in total. The van der Waals surface area contributed by atoms with Crippen LogP contribution in [0, 0.1) is 0 Å². The summed E-state index contributed by atoms with van der Waals surface area (Å²) in [6.07, 6.45) is 3.19. The Morgan fingerprint density at radius 3 is 2.82 bits per heavy atom. The topological polar surface area (TPSA) is 94.0 Å². The molecule has 0 spiro atoms. The molecule has 8 heteroatoms. The molecular weight excluding hydrogens is 440 g/mol. The lowest BCUT2D eigenvalue weighted by Gasteiger charge is -2.20. The predicted molar refractivity (Wildman–Crippen MR) is 126 cm³/mol. The molecule has 166 valence electrons. The molecule has 0 unspecified atom stereocenters. The third-order valence-electron chi connectivity index (χ3n) is 5.58. The second kappa shape index (κ2) is 8.22. The molecule has 1 N–H and O–H groups in total. The van der Waals surface area contributed by atoms with Crippen molar-refractivity contribution in [2.45, 2.75) is 19.9 Å². The summed E-state index contributed by atoms with van der Waals surface area (Å²) in [6, 6.07) is 13.8. The van der Waals surface area contributed by atoms with Gasteiger partial charge >= 0.3 is 5.97 Å².